The van der Waals surface area contributed by atoms with Crippen molar-refractivity contribution in [3.05, 3.63) is 54.7 Å². The molecule has 3 aromatic rings. The minimum atomic E-state index is 0.891. The lowest BCUT2D eigenvalue weighted by molar-refractivity contribution is 0.416. The highest BCUT2D eigenvalue weighted by atomic mass is 16.5. The fourth-order valence-electron chi connectivity index (χ4n) is 2.03. The Bertz CT molecular complexity index is 655. The molecule has 0 bridgehead atoms. The first-order valence-corrected chi connectivity index (χ1v) is 5.51. The van der Waals surface area contributed by atoms with Crippen LogP contribution in [-0.4, -0.2) is 12.1 Å². The molecule has 83 valence electrons. The maximum Gasteiger partial charge on any atom is 0.126 e. The lowest BCUT2D eigenvalue weighted by Crippen LogP contribution is -1.87. The zero-order chi connectivity index (χ0) is 11.7. The fourth-order valence-corrected chi connectivity index (χ4v) is 2.03. The summed E-state index contributed by atoms with van der Waals surface area (Å²) in [6.07, 6.45) is 1.83. The average molecular weight is 222 g/mol. The van der Waals surface area contributed by atoms with Gasteiger partial charge in [0.25, 0.3) is 0 Å². The van der Waals surface area contributed by atoms with E-state index in [0.29, 0.717) is 0 Å². The van der Waals surface area contributed by atoms with Crippen LogP contribution in [0.2, 0.25) is 0 Å². The minimum absolute atomic E-state index is 0.891. The molecule has 1 N–H and O–H groups in total. The van der Waals surface area contributed by atoms with Crippen molar-refractivity contribution in [3.63, 3.8) is 0 Å². The van der Waals surface area contributed by atoms with Gasteiger partial charge >= 0.3 is 0 Å². The lowest BCUT2D eigenvalue weighted by atomic mass is 10.0. The molecule has 17 heavy (non-hydrogen) atoms. The molecule has 2 heteroatoms. The summed E-state index contributed by atoms with van der Waals surface area (Å²) in [6.45, 7) is 0. The zero-order valence-electron chi connectivity index (χ0n) is 9.53. The number of ether oxygens (including phenoxy) is 1. The van der Waals surface area contributed by atoms with Crippen molar-refractivity contribution in [2.75, 3.05) is 7.11 Å². The molecule has 1 heterocycles. The molecule has 2 aromatic carbocycles. The molecule has 0 saturated carbocycles. The third-order valence-electron chi connectivity index (χ3n) is 2.89. The molecule has 0 aliphatic carbocycles. The van der Waals surface area contributed by atoms with E-state index in [1.807, 2.05) is 24.4 Å². The number of para-hydroxylation sites is 1. The van der Waals surface area contributed by atoms with Crippen LogP contribution in [0.15, 0.2) is 48.7 Å². The molecule has 0 amide bonds. The second-order valence-electron chi connectivity index (χ2n) is 3.89. The SMILES string of the molecule is COc1ccccc1-c1ccc2[c]c[nH]c2c1. The van der Waals surface area contributed by atoms with Crippen molar-refractivity contribution in [1.82, 2.24) is 4.98 Å². The molecule has 0 unspecified atom stereocenters. The quantitative estimate of drug-likeness (QED) is 0.703. The lowest BCUT2D eigenvalue weighted by Gasteiger charge is -2.08. The number of methoxy groups -OCH3 is 1. The summed E-state index contributed by atoms with van der Waals surface area (Å²) < 4.78 is 5.38. The number of hydrogen-bond acceptors (Lipinski definition) is 1. The Hall–Kier alpha value is -2.22. The molecule has 0 aliphatic heterocycles. The summed E-state index contributed by atoms with van der Waals surface area (Å²) in [4.78, 5) is 3.17. The molecule has 3 rings (SSSR count). The van der Waals surface area contributed by atoms with Crippen LogP contribution < -0.4 is 4.74 Å². The number of aromatic nitrogens is 1. The maximum atomic E-state index is 5.38. The Morgan fingerprint density at radius 1 is 1.12 bits per heavy atom. The molecular weight excluding hydrogens is 210 g/mol. The van der Waals surface area contributed by atoms with Crippen molar-refractivity contribution in [2.45, 2.75) is 0 Å². The van der Waals surface area contributed by atoms with E-state index >= 15 is 0 Å². The van der Waals surface area contributed by atoms with Gasteiger partial charge in [0.05, 0.1) is 7.11 Å². The predicted molar refractivity (Wildman–Crippen MR) is 69.1 cm³/mol. The van der Waals surface area contributed by atoms with Gasteiger partial charge in [-0.15, -0.1) is 0 Å². The first-order valence-electron chi connectivity index (χ1n) is 5.51. The van der Waals surface area contributed by atoms with Crippen LogP contribution in [0.25, 0.3) is 22.0 Å². The van der Waals surface area contributed by atoms with Gasteiger partial charge in [-0.3, -0.25) is 0 Å². The molecule has 0 aliphatic rings. The number of benzene rings is 2. The number of nitrogens with one attached hydrogen (secondary N) is 1. The first-order chi connectivity index (χ1) is 8.38. The highest BCUT2D eigenvalue weighted by Crippen LogP contribution is 2.31. The summed E-state index contributed by atoms with van der Waals surface area (Å²) in [5.41, 5.74) is 3.34. The maximum absolute atomic E-state index is 5.38. The Labute approximate surface area is 99.9 Å². The summed E-state index contributed by atoms with van der Waals surface area (Å²) in [5, 5.41) is 1.10. The second-order valence-corrected chi connectivity index (χ2v) is 3.89. The van der Waals surface area contributed by atoms with Gasteiger partial charge in [-0.05, 0) is 17.7 Å². The molecule has 0 saturated heterocycles. The summed E-state index contributed by atoms with van der Waals surface area (Å²) in [5.74, 6) is 0.891. The van der Waals surface area contributed by atoms with Gasteiger partial charge < -0.3 is 9.72 Å². The average Bonchev–Trinajstić information content (AvgIpc) is 2.85. The summed E-state index contributed by atoms with van der Waals surface area (Å²) in [6, 6.07) is 17.4. The van der Waals surface area contributed by atoms with E-state index < -0.39 is 0 Å². The minimum Gasteiger partial charge on any atom is -0.496 e. The van der Waals surface area contributed by atoms with Gasteiger partial charge in [-0.25, -0.2) is 0 Å². The van der Waals surface area contributed by atoms with Crippen LogP contribution in [0, 0.1) is 6.07 Å². The van der Waals surface area contributed by atoms with Crippen molar-refractivity contribution < 1.29 is 4.74 Å². The summed E-state index contributed by atoms with van der Waals surface area (Å²) in [7, 11) is 1.69. The van der Waals surface area contributed by atoms with E-state index in [0.717, 1.165) is 27.8 Å². The van der Waals surface area contributed by atoms with E-state index in [1.165, 1.54) is 0 Å². The smallest absolute Gasteiger partial charge is 0.126 e. The number of H-pyrrole nitrogens is 1. The fraction of sp³-hybridized carbons (Fsp3) is 0.0667. The van der Waals surface area contributed by atoms with Crippen LogP contribution in [0.5, 0.6) is 5.75 Å². The third kappa shape index (κ3) is 1.68. The van der Waals surface area contributed by atoms with Crippen molar-refractivity contribution in [2.24, 2.45) is 0 Å². The monoisotopic (exact) mass is 222 g/mol. The Morgan fingerprint density at radius 2 is 2.00 bits per heavy atom. The Kier molecular flexibility index (Phi) is 2.33. The van der Waals surface area contributed by atoms with Crippen LogP contribution in [0.4, 0.5) is 0 Å². The van der Waals surface area contributed by atoms with E-state index in [9.17, 15) is 0 Å². The molecule has 0 atom stereocenters. The predicted octanol–water partition coefficient (Wildman–Crippen LogP) is 3.64. The topological polar surface area (TPSA) is 25.0 Å². The largest absolute Gasteiger partial charge is 0.496 e. The zero-order valence-corrected chi connectivity index (χ0v) is 9.53. The third-order valence-corrected chi connectivity index (χ3v) is 2.89. The summed E-state index contributed by atoms with van der Waals surface area (Å²) >= 11 is 0. The van der Waals surface area contributed by atoms with Gasteiger partial charge in [0, 0.05) is 28.7 Å². The first kappa shape index (κ1) is 9.97. The second kappa shape index (κ2) is 3.98. The Morgan fingerprint density at radius 3 is 2.88 bits per heavy atom. The standard InChI is InChI=1S/C15H12NO/c1-17-15-5-3-2-4-13(15)12-7-6-11-8-9-16-14(11)10-12/h2-7,9-10,16H,1H3. The van der Waals surface area contributed by atoms with E-state index in [4.69, 9.17) is 4.74 Å². The molecule has 2 nitrogen and oxygen atoms in total. The highest BCUT2D eigenvalue weighted by molar-refractivity contribution is 5.85. The van der Waals surface area contributed by atoms with E-state index in [-0.39, 0.29) is 0 Å². The molecule has 0 spiro atoms. The Balaban J connectivity index is 2.19. The number of fused-ring (bicyclic) bond motifs is 1. The number of rotatable bonds is 2. The highest BCUT2D eigenvalue weighted by Gasteiger charge is 2.05. The number of aromatic amines is 1. The normalized spacial score (nSPS) is 10.6. The van der Waals surface area contributed by atoms with Crippen LogP contribution in [0.1, 0.15) is 0 Å². The molecule has 1 aromatic heterocycles. The van der Waals surface area contributed by atoms with Crippen molar-refractivity contribution in [3.8, 4) is 16.9 Å². The van der Waals surface area contributed by atoms with Crippen molar-refractivity contribution in [1.29, 1.82) is 0 Å². The van der Waals surface area contributed by atoms with Crippen LogP contribution >= 0.6 is 0 Å². The molecule has 0 fully saturated rings. The van der Waals surface area contributed by atoms with E-state index in [1.54, 1.807) is 7.11 Å². The van der Waals surface area contributed by atoms with Crippen LogP contribution in [0.3, 0.4) is 0 Å². The number of hydrogen-bond donors (Lipinski definition) is 1. The van der Waals surface area contributed by atoms with Gasteiger partial charge in [0.15, 0.2) is 0 Å². The van der Waals surface area contributed by atoms with Gasteiger partial charge in [0.2, 0.25) is 0 Å². The van der Waals surface area contributed by atoms with Crippen molar-refractivity contribution >= 4 is 10.9 Å². The van der Waals surface area contributed by atoms with Gasteiger partial charge in [-0.1, -0.05) is 30.3 Å². The van der Waals surface area contributed by atoms with Crippen LogP contribution in [-0.2, 0) is 0 Å². The van der Waals surface area contributed by atoms with Gasteiger partial charge in [-0.2, -0.15) is 0 Å². The molecule has 1 radical (unpaired) electrons. The van der Waals surface area contributed by atoms with Gasteiger partial charge in [0.1, 0.15) is 5.75 Å². The molecular formula is C15H12NO. The van der Waals surface area contributed by atoms with E-state index in [2.05, 4.69) is 35.3 Å².